The van der Waals surface area contributed by atoms with Crippen LogP contribution in [0.5, 0.6) is 0 Å². The predicted molar refractivity (Wildman–Crippen MR) is 89.4 cm³/mol. The van der Waals surface area contributed by atoms with Gasteiger partial charge in [-0.2, -0.15) is 0 Å². The lowest BCUT2D eigenvalue weighted by molar-refractivity contribution is 0.933. The Morgan fingerprint density at radius 2 is 1.45 bits per heavy atom. The third kappa shape index (κ3) is 3.43. The second-order valence-electron chi connectivity index (χ2n) is 4.95. The lowest BCUT2D eigenvalue weighted by Crippen LogP contribution is -1.87. The summed E-state index contributed by atoms with van der Waals surface area (Å²) in [6, 6.07) is 26.0. The van der Waals surface area contributed by atoms with Crippen LogP contribution in [0.1, 0.15) is 12.0 Å². The molecule has 20 heavy (non-hydrogen) atoms. The Hall–Kier alpha value is -1.73. The van der Waals surface area contributed by atoms with Crippen molar-refractivity contribution in [1.82, 2.24) is 0 Å². The number of rotatable bonds is 5. The molecule has 100 valence electrons. The molecule has 3 aromatic rings. The van der Waals surface area contributed by atoms with Crippen LogP contribution >= 0.6 is 11.8 Å². The normalized spacial score (nSPS) is 10.8. The zero-order valence-electron chi connectivity index (χ0n) is 11.5. The van der Waals surface area contributed by atoms with Gasteiger partial charge in [0.1, 0.15) is 0 Å². The molecule has 0 atom stereocenters. The molecule has 0 aliphatic rings. The van der Waals surface area contributed by atoms with Crippen LogP contribution in [0.2, 0.25) is 0 Å². The molecule has 3 aromatic carbocycles. The Morgan fingerprint density at radius 3 is 2.30 bits per heavy atom. The van der Waals surface area contributed by atoms with Crippen LogP contribution in [0.25, 0.3) is 10.8 Å². The molecule has 0 bridgehead atoms. The molecule has 0 spiro atoms. The molecule has 3 rings (SSSR count). The molecule has 0 aromatic heterocycles. The van der Waals surface area contributed by atoms with Crippen LogP contribution in [-0.2, 0) is 6.42 Å². The van der Waals surface area contributed by atoms with Crippen molar-refractivity contribution < 1.29 is 0 Å². The number of benzene rings is 3. The summed E-state index contributed by atoms with van der Waals surface area (Å²) in [5.74, 6) is 1.17. The van der Waals surface area contributed by atoms with Crippen LogP contribution in [0, 0.1) is 0 Å². The first-order valence-electron chi connectivity index (χ1n) is 7.07. The minimum absolute atomic E-state index is 1.17. The monoisotopic (exact) mass is 278 g/mol. The van der Waals surface area contributed by atoms with Gasteiger partial charge in [0.05, 0.1) is 0 Å². The van der Waals surface area contributed by atoms with Crippen molar-refractivity contribution in [2.75, 3.05) is 5.75 Å². The summed E-state index contributed by atoms with van der Waals surface area (Å²) in [4.78, 5) is 1.37. The van der Waals surface area contributed by atoms with E-state index in [9.17, 15) is 0 Å². The van der Waals surface area contributed by atoms with E-state index in [1.807, 2.05) is 11.8 Å². The highest BCUT2D eigenvalue weighted by atomic mass is 32.2. The standard InChI is InChI=1S/C19H18S/c1-2-7-16(8-3-1)9-6-14-20-19-13-12-17-10-4-5-11-18(17)15-19/h1-5,7-8,10-13,15H,6,9,14H2. The summed E-state index contributed by atoms with van der Waals surface area (Å²) in [6.07, 6.45) is 2.39. The van der Waals surface area contributed by atoms with Gasteiger partial charge in [0.15, 0.2) is 0 Å². The first kappa shape index (κ1) is 13.3. The summed E-state index contributed by atoms with van der Waals surface area (Å²) >= 11 is 1.95. The van der Waals surface area contributed by atoms with Crippen molar-refractivity contribution >= 4 is 22.5 Å². The van der Waals surface area contributed by atoms with Crippen LogP contribution in [0.3, 0.4) is 0 Å². The van der Waals surface area contributed by atoms with Gasteiger partial charge in [-0.05, 0) is 47.1 Å². The van der Waals surface area contributed by atoms with E-state index >= 15 is 0 Å². The van der Waals surface area contributed by atoms with E-state index in [0.29, 0.717) is 0 Å². The molecule has 0 fully saturated rings. The van der Waals surface area contributed by atoms with Gasteiger partial charge >= 0.3 is 0 Å². The van der Waals surface area contributed by atoms with Crippen LogP contribution in [-0.4, -0.2) is 5.75 Å². The summed E-state index contributed by atoms with van der Waals surface area (Å²) in [5, 5.41) is 2.65. The average Bonchev–Trinajstić information content (AvgIpc) is 2.52. The van der Waals surface area contributed by atoms with E-state index in [4.69, 9.17) is 0 Å². The van der Waals surface area contributed by atoms with Gasteiger partial charge in [0.2, 0.25) is 0 Å². The van der Waals surface area contributed by atoms with Crippen LogP contribution in [0.4, 0.5) is 0 Å². The van der Waals surface area contributed by atoms with E-state index in [1.165, 1.54) is 39.8 Å². The second-order valence-corrected chi connectivity index (χ2v) is 6.11. The molecule has 1 heteroatoms. The maximum atomic E-state index is 2.29. The number of aryl methyl sites for hydroxylation is 1. The summed E-state index contributed by atoms with van der Waals surface area (Å²) in [5.41, 5.74) is 1.44. The van der Waals surface area contributed by atoms with Crippen molar-refractivity contribution in [1.29, 1.82) is 0 Å². The quantitative estimate of drug-likeness (QED) is 0.434. The highest BCUT2D eigenvalue weighted by Gasteiger charge is 1.98. The SMILES string of the molecule is c1ccc(CCCSc2ccc3ccccc3c2)cc1. The third-order valence-corrected chi connectivity index (χ3v) is 4.52. The fourth-order valence-corrected chi connectivity index (χ4v) is 3.27. The second kappa shape index (κ2) is 6.62. The lowest BCUT2D eigenvalue weighted by atomic mass is 10.1. The fraction of sp³-hybridized carbons (Fsp3) is 0.158. The molecule has 0 amide bonds. The first-order chi connectivity index (χ1) is 9.92. The van der Waals surface area contributed by atoms with Crippen LogP contribution < -0.4 is 0 Å². The van der Waals surface area contributed by atoms with Crippen molar-refractivity contribution in [3.8, 4) is 0 Å². The van der Waals surface area contributed by atoms with E-state index in [2.05, 4.69) is 72.8 Å². The molecule has 0 heterocycles. The van der Waals surface area contributed by atoms with E-state index < -0.39 is 0 Å². The molecule has 0 unspecified atom stereocenters. The largest absolute Gasteiger partial charge is 0.126 e. The zero-order chi connectivity index (χ0) is 13.6. The van der Waals surface area contributed by atoms with Gasteiger partial charge in [-0.3, -0.25) is 0 Å². The van der Waals surface area contributed by atoms with Crippen molar-refractivity contribution in [2.45, 2.75) is 17.7 Å². The molecule has 0 aliphatic heterocycles. The summed E-state index contributed by atoms with van der Waals surface area (Å²) in [6.45, 7) is 0. The highest BCUT2D eigenvalue weighted by Crippen LogP contribution is 2.24. The minimum atomic E-state index is 1.17. The van der Waals surface area contributed by atoms with Gasteiger partial charge in [0.25, 0.3) is 0 Å². The Kier molecular flexibility index (Phi) is 4.39. The summed E-state index contributed by atoms with van der Waals surface area (Å²) < 4.78 is 0. The van der Waals surface area contributed by atoms with Gasteiger partial charge in [-0.15, -0.1) is 11.8 Å². The Bertz CT molecular complexity index is 673. The summed E-state index contributed by atoms with van der Waals surface area (Å²) in [7, 11) is 0. The molecule has 0 aliphatic carbocycles. The van der Waals surface area contributed by atoms with E-state index in [1.54, 1.807) is 0 Å². The van der Waals surface area contributed by atoms with Crippen molar-refractivity contribution in [2.24, 2.45) is 0 Å². The van der Waals surface area contributed by atoms with Gasteiger partial charge in [-0.25, -0.2) is 0 Å². The smallest absolute Gasteiger partial charge is 0.00783 e. The molecule has 0 saturated carbocycles. The minimum Gasteiger partial charge on any atom is -0.126 e. The predicted octanol–water partition coefficient (Wildman–Crippen LogP) is 5.56. The molecule has 0 nitrogen and oxygen atoms in total. The fourth-order valence-electron chi connectivity index (χ4n) is 2.37. The molecular weight excluding hydrogens is 260 g/mol. The van der Waals surface area contributed by atoms with Gasteiger partial charge < -0.3 is 0 Å². The van der Waals surface area contributed by atoms with Crippen molar-refractivity contribution in [3.63, 3.8) is 0 Å². The van der Waals surface area contributed by atoms with Gasteiger partial charge in [0, 0.05) is 4.90 Å². The topological polar surface area (TPSA) is 0 Å². The van der Waals surface area contributed by atoms with E-state index in [0.717, 1.165) is 0 Å². The van der Waals surface area contributed by atoms with E-state index in [-0.39, 0.29) is 0 Å². The highest BCUT2D eigenvalue weighted by molar-refractivity contribution is 7.99. The maximum absolute atomic E-state index is 2.29. The Labute approximate surface area is 124 Å². The van der Waals surface area contributed by atoms with Gasteiger partial charge in [-0.1, -0.05) is 60.7 Å². The zero-order valence-corrected chi connectivity index (χ0v) is 12.3. The molecule has 0 radical (unpaired) electrons. The maximum Gasteiger partial charge on any atom is 0.00783 e. The number of hydrogen-bond acceptors (Lipinski definition) is 1. The van der Waals surface area contributed by atoms with Crippen LogP contribution in [0.15, 0.2) is 77.7 Å². The first-order valence-corrected chi connectivity index (χ1v) is 8.06. The number of fused-ring (bicyclic) bond motifs is 1. The lowest BCUT2D eigenvalue weighted by Gasteiger charge is -2.04. The number of hydrogen-bond donors (Lipinski definition) is 0. The number of thioether (sulfide) groups is 1. The Morgan fingerprint density at radius 1 is 0.700 bits per heavy atom. The molecule has 0 saturated heterocycles. The Balaban J connectivity index is 1.55. The average molecular weight is 278 g/mol. The third-order valence-electron chi connectivity index (χ3n) is 3.44. The molecular formula is C19H18S. The van der Waals surface area contributed by atoms with Crippen molar-refractivity contribution in [3.05, 3.63) is 78.4 Å². The molecule has 0 N–H and O–H groups in total.